The summed E-state index contributed by atoms with van der Waals surface area (Å²) in [5.41, 5.74) is 5.32. The molecular weight excluding hydrogens is 525 g/mol. The maximum absolute atomic E-state index is 9.24. The van der Waals surface area contributed by atoms with Crippen LogP contribution < -0.4 is 24.1 Å². The van der Waals surface area contributed by atoms with Crippen LogP contribution in [0.25, 0.3) is 11.1 Å². The van der Waals surface area contributed by atoms with Crippen LogP contribution in [0.15, 0.2) is 66.7 Å². The maximum Gasteiger partial charge on any atom is 0.391 e. The molecule has 0 spiro atoms. The van der Waals surface area contributed by atoms with Crippen molar-refractivity contribution < 1.29 is 28.5 Å². The van der Waals surface area contributed by atoms with E-state index >= 15 is 0 Å². The van der Waals surface area contributed by atoms with E-state index in [-0.39, 0.29) is 6.79 Å². The van der Waals surface area contributed by atoms with Crippen molar-refractivity contribution in [2.24, 2.45) is 5.92 Å². The molecule has 3 aromatic carbocycles. The van der Waals surface area contributed by atoms with E-state index in [0.29, 0.717) is 12.4 Å². The predicted molar refractivity (Wildman–Crippen MR) is 159 cm³/mol. The minimum atomic E-state index is -2.47. The highest BCUT2D eigenvalue weighted by molar-refractivity contribution is 7.39. The minimum Gasteiger partial charge on any atom is -0.492 e. The lowest BCUT2D eigenvalue weighted by molar-refractivity contribution is 0.174. The number of nitrogens with one attached hydrogen (secondary N) is 1. The van der Waals surface area contributed by atoms with Crippen molar-refractivity contribution in [3.63, 3.8) is 0 Å². The van der Waals surface area contributed by atoms with Gasteiger partial charge in [-0.1, -0.05) is 56.5 Å². The molecule has 8 heteroatoms. The van der Waals surface area contributed by atoms with Crippen LogP contribution in [0.2, 0.25) is 0 Å². The lowest BCUT2D eigenvalue weighted by Gasteiger charge is -2.21. The summed E-state index contributed by atoms with van der Waals surface area (Å²) in [7, 11) is -2.47. The van der Waals surface area contributed by atoms with Gasteiger partial charge in [0.2, 0.25) is 6.79 Å². The lowest BCUT2D eigenvalue weighted by Crippen LogP contribution is -2.28. The molecule has 3 aromatic rings. The molecule has 3 N–H and O–H groups in total. The number of ether oxygens (including phenoxy) is 3. The van der Waals surface area contributed by atoms with E-state index in [9.17, 15) is 9.79 Å². The van der Waals surface area contributed by atoms with E-state index in [1.807, 2.05) is 36.4 Å². The number of fused-ring (bicyclic) bond motifs is 1. The average Bonchev–Trinajstić information content (AvgIpc) is 3.45. The Morgan fingerprint density at radius 1 is 0.850 bits per heavy atom. The second kappa shape index (κ2) is 14.0. The van der Waals surface area contributed by atoms with Gasteiger partial charge in [0.05, 0.1) is 0 Å². The summed E-state index contributed by atoms with van der Waals surface area (Å²) in [4.78, 5) is 18.5. The van der Waals surface area contributed by atoms with Gasteiger partial charge in [-0.25, -0.2) is 0 Å². The first-order chi connectivity index (χ1) is 19.6. The average molecular weight is 564 g/mol. The summed E-state index contributed by atoms with van der Waals surface area (Å²) < 4.78 is 22.3. The molecule has 1 saturated carbocycles. The molecule has 0 saturated heterocycles. The number of hydrogen-bond acceptors (Lipinski definition) is 7. The van der Waals surface area contributed by atoms with Gasteiger partial charge < -0.3 is 33.8 Å². The molecule has 1 fully saturated rings. The summed E-state index contributed by atoms with van der Waals surface area (Å²) in [5, 5.41) is 3.56. The number of hydrogen-bond donors (Lipinski definition) is 3. The van der Waals surface area contributed by atoms with E-state index in [0.717, 1.165) is 70.5 Å². The van der Waals surface area contributed by atoms with E-state index in [1.54, 1.807) is 12.1 Å². The Kier molecular flexibility index (Phi) is 9.95. The Morgan fingerprint density at radius 2 is 1.50 bits per heavy atom. The zero-order chi connectivity index (χ0) is 27.7. The first kappa shape index (κ1) is 28.4. The Morgan fingerprint density at radius 3 is 2.17 bits per heavy atom. The van der Waals surface area contributed by atoms with Gasteiger partial charge in [-0.05, 0) is 96.0 Å². The topological polar surface area (TPSA) is 89.4 Å². The Balaban J connectivity index is 1.35. The molecule has 0 atom stereocenters. The highest BCUT2D eigenvalue weighted by atomic mass is 31.2. The fourth-order valence-electron chi connectivity index (χ4n) is 5.56. The van der Waals surface area contributed by atoms with Gasteiger partial charge >= 0.3 is 8.60 Å². The molecule has 212 valence electrons. The van der Waals surface area contributed by atoms with Crippen LogP contribution in [0.5, 0.6) is 23.0 Å². The van der Waals surface area contributed by atoms with Crippen molar-refractivity contribution >= 4 is 19.7 Å². The second-order valence-electron chi connectivity index (χ2n) is 10.2. The number of benzene rings is 3. The molecular formula is C32H38NO6P. The van der Waals surface area contributed by atoms with Gasteiger partial charge in [-0.15, -0.1) is 0 Å². The van der Waals surface area contributed by atoms with Crippen LogP contribution in [-0.2, 0) is 0 Å². The van der Waals surface area contributed by atoms with Gasteiger partial charge in [0.15, 0.2) is 11.5 Å². The van der Waals surface area contributed by atoms with Crippen molar-refractivity contribution in [1.29, 1.82) is 0 Å². The largest absolute Gasteiger partial charge is 0.492 e. The van der Waals surface area contributed by atoms with Gasteiger partial charge in [0, 0.05) is 6.54 Å². The van der Waals surface area contributed by atoms with Crippen LogP contribution in [0.1, 0.15) is 62.1 Å². The predicted octanol–water partition coefficient (Wildman–Crippen LogP) is 6.92. The van der Waals surface area contributed by atoms with Crippen molar-refractivity contribution in [2.45, 2.75) is 45.4 Å². The third kappa shape index (κ3) is 7.35. The molecule has 2 aliphatic rings. The third-order valence-corrected chi connectivity index (χ3v) is 7.93. The van der Waals surface area contributed by atoms with Gasteiger partial charge in [0.25, 0.3) is 0 Å². The molecule has 0 unspecified atom stereocenters. The standard InChI is InChI=1S/C32H38NO6P/c1-2-29(26-12-17-30-31(20-26)38-22-37-30)32(25-10-15-28(16-11-25)39-40(34)35)24-8-13-27(14-9-24)36-19-18-33-21-23-6-4-3-5-7-23/h8-17,20,23,33-35H,2-7,18-19,21-22H2,1H3. The fourth-order valence-corrected chi connectivity index (χ4v) is 5.87. The minimum absolute atomic E-state index is 0.230. The van der Waals surface area contributed by atoms with E-state index in [1.165, 1.54) is 32.1 Å². The smallest absolute Gasteiger partial charge is 0.391 e. The van der Waals surface area contributed by atoms with Gasteiger partial charge in [-0.3, -0.25) is 0 Å². The quantitative estimate of drug-likeness (QED) is 0.125. The van der Waals surface area contributed by atoms with E-state index in [4.69, 9.17) is 18.7 Å². The molecule has 0 radical (unpaired) electrons. The summed E-state index contributed by atoms with van der Waals surface area (Å²) >= 11 is 0. The highest BCUT2D eigenvalue weighted by Gasteiger charge is 2.18. The Bertz CT molecular complexity index is 1270. The van der Waals surface area contributed by atoms with Crippen molar-refractivity contribution in [2.75, 3.05) is 26.5 Å². The molecule has 0 amide bonds. The molecule has 1 heterocycles. The zero-order valence-corrected chi connectivity index (χ0v) is 23.9. The van der Waals surface area contributed by atoms with Crippen molar-refractivity contribution in [3.8, 4) is 23.0 Å². The normalized spacial score (nSPS) is 15.7. The second-order valence-corrected chi connectivity index (χ2v) is 10.9. The Hall–Kier alpha value is -3.09. The van der Waals surface area contributed by atoms with E-state index < -0.39 is 8.60 Å². The molecule has 1 aliphatic carbocycles. The molecule has 7 nitrogen and oxygen atoms in total. The first-order valence-corrected chi connectivity index (χ1v) is 15.3. The first-order valence-electron chi connectivity index (χ1n) is 14.1. The number of rotatable bonds is 12. The summed E-state index contributed by atoms with van der Waals surface area (Å²) in [6, 6.07) is 21.6. The Labute approximate surface area is 237 Å². The lowest BCUT2D eigenvalue weighted by atomic mass is 9.88. The molecule has 0 bridgehead atoms. The molecule has 0 aromatic heterocycles. The van der Waals surface area contributed by atoms with Crippen LogP contribution in [0.3, 0.4) is 0 Å². The van der Waals surface area contributed by atoms with Gasteiger partial charge in [-0.2, -0.15) is 0 Å². The molecule has 40 heavy (non-hydrogen) atoms. The van der Waals surface area contributed by atoms with E-state index in [2.05, 4.69) is 30.4 Å². The fraction of sp³-hybridized carbons (Fsp3) is 0.375. The maximum atomic E-state index is 9.24. The van der Waals surface area contributed by atoms with Crippen LogP contribution in [0.4, 0.5) is 0 Å². The zero-order valence-electron chi connectivity index (χ0n) is 23.0. The molecule has 5 rings (SSSR count). The van der Waals surface area contributed by atoms with Crippen LogP contribution in [0, 0.1) is 5.92 Å². The summed E-state index contributed by atoms with van der Waals surface area (Å²) in [5.74, 6) is 3.55. The summed E-state index contributed by atoms with van der Waals surface area (Å²) in [6.45, 7) is 4.92. The van der Waals surface area contributed by atoms with Crippen LogP contribution >= 0.6 is 8.60 Å². The van der Waals surface area contributed by atoms with Gasteiger partial charge in [0.1, 0.15) is 18.1 Å². The third-order valence-electron chi connectivity index (χ3n) is 7.55. The van der Waals surface area contributed by atoms with Crippen molar-refractivity contribution in [1.82, 2.24) is 5.32 Å². The highest BCUT2D eigenvalue weighted by Crippen LogP contribution is 2.40. The van der Waals surface area contributed by atoms with Crippen LogP contribution in [-0.4, -0.2) is 36.3 Å². The summed E-state index contributed by atoms with van der Waals surface area (Å²) in [6.07, 6.45) is 7.59. The van der Waals surface area contributed by atoms with Crippen molar-refractivity contribution in [3.05, 3.63) is 83.4 Å². The number of allylic oxidation sites excluding steroid dienone is 1. The monoisotopic (exact) mass is 563 g/mol. The SMILES string of the molecule is CCC(=C(c1ccc(OCCNCC2CCCCC2)cc1)c1ccc(OP(O)O)cc1)c1ccc2c(c1)OCO2. The molecule has 1 aliphatic heterocycles.